The van der Waals surface area contributed by atoms with Crippen LogP contribution in [0.5, 0.6) is 11.5 Å². The molecule has 0 bridgehead atoms. The highest BCUT2D eigenvalue weighted by molar-refractivity contribution is 7.92. The van der Waals surface area contributed by atoms with E-state index in [2.05, 4.69) is 26.6 Å². The average molecular weight is 439 g/mol. The molecule has 0 saturated heterocycles. The van der Waals surface area contributed by atoms with Gasteiger partial charge in [0, 0.05) is 24.1 Å². The summed E-state index contributed by atoms with van der Waals surface area (Å²) in [4.78, 5) is 8.13. The molecule has 0 atom stereocenters. The summed E-state index contributed by atoms with van der Waals surface area (Å²) in [5, 5.41) is 12.4. The standard InChI is InChI=1S/C21H22N6O3S/c1-2-31(28,29)27-13-12-24-21-18(20(23)25-14-26-21)19(22)15-8-10-17(11-9-15)30-16-6-4-3-5-7-16/h2-11,14,22,27H,1,12-13H2,(H3,23,24,25,26). The minimum Gasteiger partial charge on any atom is -0.457 e. The Kier molecular flexibility index (Phi) is 6.96. The number of aromatic nitrogens is 2. The minimum absolute atomic E-state index is 0.108. The Hall–Kier alpha value is -3.76. The van der Waals surface area contributed by atoms with E-state index < -0.39 is 10.0 Å². The van der Waals surface area contributed by atoms with Gasteiger partial charge in [-0.15, -0.1) is 0 Å². The Labute approximate surface area is 180 Å². The number of para-hydroxylation sites is 1. The number of benzene rings is 2. The van der Waals surface area contributed by atoms with Gasteiger partial charge in [0.25, 0.3) is 0 Å². The van der Waals surface area contributed by atoms with Crippen molar-refractivity contribution in [2.75, 3.05) is 24.1 Å². The van der Waals surface area contributed by atoms with E-state index in [-0.39, 0.29) is 24.6 Å². The van der Waals surface area contributed by atoms with Gasteiger partial charge in [0.1, 0.15) is 29.5 Å². The Morgan fingerprint density at radius 3 is 2.42 bits per heavy atom. The number of rotatable bonds is 10. The first kappa shape index (κ1) is 21.9. The van der Waals surface area contributed by atoms with Crippen LogP contribution in [-0.4, -0.2) is 37.2 Å². The molecule has 3 aromatic rings. The fourth-order valence-electron chi connectivity index (χ4n) is 2.67. The molecule has 0 unspecified atom stereocenters. The number of nitrogens with zero attached hydrogens (tertiary/aromatic N) is 2. The van der Waals surface area contributed by atoms with Gasteiger partial charge in [0.2, 0.25) is 10.0 Å². The second kappa shape index (κ2) is 9.83. The van der Waals surface area contributed by atoms with Crippen LogP contribution in [0.4, 0.5) is 11.6 Å². The number of sulfonamides is 1. The number of hydrogen-bond acceptors (Lipinski definition) is 8. The van der Waals surface area contributed by atoms with Gasteiger partial charge in [-0.25, -0.2) is 23.1 Å². The normalized spacial score (nSPS) is 11.0. The molecule has 160 valence electrons. The zero-order valence-corrected chi connectivity index (χ0v) is 17.4. The average Bonchev–Trinajstić information content (AvgIpc) is 2.78. The molecule has 0 aliphatic heterocycles. The maximum absolute atomic E-state index is 11.4. The number of ether oxygens (including phenoxy) is 1. The number of nitrogens with one attached hydrogen (secondary N) is 3. The Bertz CT molecular complexity index is 1170. The first-order chi connectivity index (χ1) is 14.9. The Morgan fingerprint density at radius 2 is 1.74 bits per heavy atom. The smallest absolute Gasteiger partial charge is 0.233 e. The van der Waals surface area contributed by atoms with E-state index >= 15 is 0 Å². The van der Waals surface area contributed by atoms with Gasteiger partial charge >= 0.3 is 0 Å². The van der Waals surface area contributed by atoms with Crippen LogP contribution < -0.4 is 20.5 Å². The van der Waals surface area contributed by atoms with Crippen molar-refractivity contribution in [2.45, 2.75) is 0 Å². The van der Waals surface area contributed by atoms with E-state index in [0.29, 0.717) is 28.4 Å². The molecule has 10 heteroatoms. The molecule has 0 fully saturated rings. The molecule has 0 radical (unpaired) electrons. The van der Waals surface area contributed by atoms with Crippen LogP contribution in [0.25, 0.3) is 0 Å². The van der Waals surface area contributed by atoms with Gasteiger partial charge in [0.05, 0.1) is 11.3 Å². The van der Waals surface area contributed by atoms with E-state index in [1.807, 2.05) is 30.3 Å². The number of anilines is 2. The van der Waals surface area contributed by atoms with Crippen LogP contribution in [0, 0.1) is 5.41 Å². The van der Waals surface area contributed by atoms with E-state index in [1.54, 1.807) is 24.3 Å². The van der Waals surface area contributed by atoms with E-state index in [4.69, 9.17) is 15.9 Å². The molecule has 5 N–H and O–H groups in total. The summed E-state index contributed by atoms with van der Waals surface area (Å²) < 4.78 is 31.0. The lowest BCUT2D eigenvalue weighted by molar-refractivity contribution is 0.482. The summed E-state index contributed by atoms with van der Waals surface area (Å²) in [6, 6.07) is 16.4. The fourth-order valence-corrected chi connectivity index (χ4v) is 3.18. The summed E-state index contributed by atoms with van der Waals surface area (Å²) in [6.45, 7) is 3.57. The van der Waals surface area contributed by atoms with Crippen LogP contribution >= 0.6 is 0 Å². The molecule has 0 spiro atoms. The Morgan fingerprint density at radius 1 is 1.06 bits per heavy atom. The van der Waals surface area contributed by atoms with E-state index in [9.17, 15) is 8.42 Å². The lowest BCUT2D eigenvalue weighted by Crippen LogP contribution is -2.27. The zero-order chi connectivity index (χ0) is 22.3. The van der Waals surface area contributed by atoms with Crippen molar-refractivity contribution in [3.8, 4) is 11.5 Å². The largest absolute Gasteiger partial charge is 0.457 e. The summed E-state index contributed by atoms with van der Waals surface area (Å²) in [5.74, 6) is 1.82. The van der Waals surface area contributed by atoms with Gasteiger partial charge in [-0.1, -0.05) is 24.8 Å². The van der Waals surface area contributed by atoms with Crippen molar-refractivity contribution in [1.29, 1.82) is 5.41 Å². The van der Waals surface area contributed by atoms with Crippen LogP contribution in [0.15, 0.2) is 72.9 Å². The topological polar surface area (TPSA) is 143 Å². The van der Waals surface area contributed by atoms with Crippen molar-refractivity contribution >= 4 is 27.4 Å². The third-order valence-electron chi connectivity index (χ3n) is 4.19. The molecular weight excluding hydrogens is 416 g/mol. The molecule has 31 heavy (non-hydrogen) atoms. The third kappa shape index (κ3) is 5.87. The van der Waals surface area contributed by atoms with Gasteiger partial charge in [-0.05, 0) is 36.4 Å². The van der Waals surface area contributed by atoms with Crippen molar-refractivity contribution in [3.63, 3.8) is 0 Å². The zero-order valence-electron chi connectivity index (χ0n) is 16.6. The second-order valence-electron chi connectivity index (χ2n) is 6.33. The quantitative estimate of drug-likeness (QED) is 0.281. The molecule has 1 aromatic heterocycles. The van der Waals surface area contributed by atoms with Crippen molar-refractivity contribution in [2.24, 2.45) is 0 Å². The van der Waals surface area contributed by atoms with Crippen molar-refractivity contribution < 1.29 is 13.2 Å². The Balaban J connectivity index is 1.73. The molecule has 0 aliphatic carbocycles. The lowest BCUT2D eigenvalue weighted by atomic mass is 10.0. The van der Waals surface area contributed by atoms with Crippen LogP contribution in [-0.2, 0) is 10.0 Å². The SMILES string of the molecule is C=CS(=O)(=O)NCCNc1ncnc(N)c1C(=N)c1ccc(Oc2ccccc2)cc1. The third-order valence-corrected chi connectivity index (χ3v) is 5.23. The maximum Gasteiger partial charge on any atom is 0.233 e. The molecular formula is C21H22N6O3S. The molecule has 3 rings (SSSR count). The minimum atomic E-state index is -3.52. The van der Waals surface area contributed by atoms with Crippen LogP contribution in [0.1, 0.15) is 11.1 Å². The molecule has 0 aliphatic rings. The number of nitrogens with two attached hydrogens (primary N) is 1. The van der Waals surface area contributed by atoms with Gasteiger partial charge in [0.15, 0.2) is 0 Å². The molecule has 1 heterocycles. The molecule has 2 aromatic carbocycles. The number of hydrogen-bond donors (Lipinski definition) is 4. The van der Waals surface area contributed by atoms with E-state index in [1.165, 1.54) is 6.33 Å². The number of nitrogen functional groups attached to an aromatic ring is 1. The molecule has 9 nitrogen and oxygen atoms in total. The molecule has 0 saturated carbocycles. The monoisotopic (exact) mass is 438 g/mol. The van der Waals surface area contributed by atoms with Crippen molar-refractivity contribution in [1.82, 2.24) is 14.7 Å². The van der Waals surface area contributed by atoms with Gasteiger partial charge < -0.3 is 15.8 Å². The van der Waals surface area contributed by atoms with Gasteiger partial charge in [-0.3, -0.25) is 5.41 Å². The first-order valence-electron chi connectivity index (χ1n) is 9.28. The van der Waals surface area contributed by atoms with E-state index in [0.717, 1.165) is 5.41 Å². The van der Waals surface area contributed by atoms with Crippen LogP contribution in [0.3, 0.4) is 0 Å². The second-order valence-corrected chi connectivity index (χ2v) is 8.04. The highest BCUT2D eigenvalue weighted by Gasteiger charge is 2.16. The fraction of sp³-hybridized carbons (Fsp3) is 0.0952. The maximum atomic E-state index is 11.4. The lowest BCUT2D eigenvalue weighted by Gasteiger charge is -2.14. The summed E-state index contributed by atoms with van der Waals surface area (Å²) in [6.07, 6.45) is 1.28. The highest BCUT2D eigenvalue weighted by atomic mass is 32.2. The summed E-state index contributed by atoms with van der Waals surface area (Å²) >= 11 is 0. The highest BCUT2D eigenvalue weighted by Crippen LogP contribution is 2.25. The summed E-state index contributed by atoms with van der Waals surface area (Å²) in [5.41, 5.74) is 7.05. The first-order valence-corrected chi connectivity index (χ1v) is 10.8. The predicted octanol–water partition coefficient (Wildman–Crippen LogP) is 2.74. The van der Waals surface area contributed by atoms with Crippen molar-refractivity contribution in [3.05, 3.63) is 84.0 Å². The van der Waals surface area contributed by atoms with Crippen LogP contribution in [0.2, 0.25) is 0 Å². The predicted molar refractivity (Wildman–Crippen MR) is 121 cm³/mol. The molecule has 0 amide bonds. The summed E-state index contributed by atoms with van der Waals surface area (Å²) in [7, 11) is -3.52. The van der Waals surface area contributed by atoms with Gasteiger partial charge in [-0.2, -0.15) is 0 Å².